The summed E-state index contributed by atoms with van der Waals surface area (Å²) >= 11 is 0. The van der Waals surface area contributed by atoms with Gasteiger partial charge in [0.2, 0.25) is 0 Å². The molecule has 3 rings (SSSR count). The molecular formula is C44H60B2F2N2O21. The van der Waals surface area contributed by atoms with E-state index in [2.05, 4.69) is 20.1 Å². The second-order valence-electron chi connectivity index (χ2n) is 17.2. The molecule has 10 N–H and O–H groups in total. The highest BCUT2D eigenvalue weighted by molar-refractivity contribution is 6.51. The van der Waals surface area contributed by atoms with Crippen molar-refractivity contribution >= 4 is 74.4 Å². The predicted molar refractivity (Wildman–Crippen MR) is 243 cm³/mol. The maximum Gasteiger partial charge on any atom is 0.531 e. The minimum absolute atomic E-state index is 0. The molecule has 3 atom stereocenters. The van der Waals surface area contributed by atoms with Gasteiger partial charge in [0.05, 0.1) is 37.1 Å². The van der Waals surface area contributed by atoms with Crippen LogP contribution in [0.15, 0.2) is 36.4 Å². The van der Waals surface area contributed by atoms with Crippen LogP contribution in [-0.2, 0) is 57.1 Å². The Balaban J connectivity index is 0.00000114. The maximum absolute atomic E-state index is 13.9. The van der Waals surface area contributed by atoms with E-state index in [0.29, 0.717) is 18.4 Å². The topological polar surface area (TPSA) is 385 Å². The molecule has 0 aromatic heterocycles. The van der Waals surface area contributed by atoms with Gasteiger partial charge in [0.1, 0.15) is 18.1 Å². The van der Waals surface area contributed by atoms with Crippen molar-refractivity contribution in [3.63, 3.8) is 0 Å². The molecule has 2 amide bonds. The Morgan fingerprint density at radius 1 is 0.775 bits per heavy atom. The second kappa shape index (κ2) is 30.8. The summed E-state index contributed by atoms with van der Waals surface area (Å²) < 4.78 is 46.4. The van der Waals surface area contributed by atoms with Gasteiger partial charge in [0.15, 0.2) is 23.8 Å². The van der Waals surface area contributed by atoms with Crippen LogP contribution in [0, 0.1) is 37.3 Å². The number of carboxylic acids is 3. The molecule has 0 aliphatic carbocycles. The Morgan fingerprint density at radius 2 is 1.24 bits per heavy atom. The standard InChI is InChI=1S/C22H27BFNO9.C16H23BFNO4.C6H8O7.H2O/c1-12(2)6-14(23-33-21(32)22(34-23,9-18(27)28)10-19(29)30)8-15(26)11-25-20(31)16-7-13(3)4-5-17(16)24;1-10(2)6-12(17(22)23)8-13(20)9-19-16(21)14-7-11(3)4-5-15(14)18;7-3-12-2-6(11,13-4-8)1-5(9)10;/h4-5,7,12,14H,6,8-11H2,1-3H3,(H,25,31)(H,27,28)(H,29,30);4-5,7,10,12,22-23H,6,8-9H2,1-3H3,(H,19,21);3-4,11H,1-2H2,(H,9,10);1H2/t14-;12-;;/m11../s1. The smallest absolute Gasteiger partial charge is 0.507 e. The number of benzene rings is 2. The molecular weight excluding hydrogens is 952 g/mol. The summed E-state index contributed by atoms with van der Waals surface area (Å²) in [5, 5.41) is 59.1. The molecule has 2 aromatic carbocycles. The first-order chi connectivity index (χ1) is 32.6. The largest absolute Gasteiger partial charge is 0.531 e. The number of amides is 2. The van der Waals surface area contributed by atoms with Crippen molar-refractivity contribution in [1.29, 1.82) is 0 Å². The van der Waals surface area contributed by atoms with E-state index in [-0.39, 0.29) is 66.6 Å². The number of nitrogens with one attached hydrogen (secondary N) is 2. The Kier molecular flexibility index (Phi) is 27.9. The Morgan fingerprint density at radius 3 is 1.63 bits per heavy atom. The van der Waals surface area contributed by atoms with Crippen LogP contribution >= 0.6 is 0 Å². The minimum atomic E-state index is -2.30. The SMILES string of the molecule is Cc1ccc(F)c(C(=O)NCC(=O)C[C@@H](CC(C)C)B(O)O)c1.Cc1ccc(F)c(C(=O)NCC(=O)C[C@@H](CC(C)C)B2OC(=O)C(CC(=O)O)(CC(=O)O)O2)c1.O.O=COCC(O)(CC(=O)O)OC=O. The summed E-state index contributed by atoms with van der Waals surface area (Å²) in [6.45, 7) is 9.42. The van der Waals surface area contributed by atoms with Crippen LogP contribution in [0.3, 0.4) is 0 Å². The van der Waals surface area contributed by atoms with Crippen molar-refractivity contribution in [3.05, 3.63) is 70.3 Å². The molecule has 392 valence electrons. The monoisotopic (exact) mass is 1010 g/mol. The van der Waals surface area contributed by atoms with E-state index in [9.17, 15) is 71.9 Å². The molecule has 23 nitrogen and oxygen atoms in total. The molecule has 1 saturated heterocycles. The summed E-state index contributed by atoms with van der Waals surface area (Å²) in [4.78, 5) is 113. The molecule has 71 heavy (non-hydrogen) atoms. The van der Waals surface area contributed by atoms with Crippen LogP contribution in [0.5, 0.6) is 0 Å². The average Bonchev–Trinajstić information content (AvgIpc) is 3.55. The highest BCUT2D eigenvalue weighted by Crippen LogP contribution is 2.38. The first kappa shape index (κ1) is 64.3. The zero-order chi connectivity index (χ0) is 53.5. The number of hydrogen-bond acceptors (Lipinski definition) is 17. The molecule has 27 heteroatoms. The number of Topliss-reactive ketones (excluding diaryl/α,β-unsaturated/α-hetero) is 2. The van der Waals surface area contributed by atoms with Gasteiger partial charge in [-0.25, -0.2) is 8.78 Å². The van der Waals surface area contributed by atoms with E-state index in [4.69, 9.17) is 24.6 Å². The first-order valence-corrected chi connectivity index (χ1v) is 21.5. The molecule has 1 unspecified atom stereocenters. The Hall–Kier alpha value is -6.67. The van der Waals surface area contributed by atoms with Crippen LogP contribution in [0.4, 0.5) is 8.78 Å². The van der Waals surface area contributed by atoms with Gasteiger partial charge >= 0.3 is 38.1 Å². The van der Waals surface area contributed by atoms with Gasteiger partial charge in [0.25, 0.3) is 30.5 Å². The first-order valence-electron chi connectivity index (χ1n) is 21.5. The normalized spacial score (nSPS) is 14.0. The highest BCUT2D eigenvalue weighted by atomic mass is 19.1. The number of aliphatic carboxylic acids is 3. The van der Waals surface area contributed by atoms with Crippen LogP contribution in [0.2, 0.25) is 11.6 Å². The predicted octanol–water partition coefficient (Wildman–Crippen LogP) is 1.37. The number of ether oxygens (including phenoxy) is 2. The number of halogens is 2. The molecule has 1 heterocycles. The average molecular weight is 1010 g/mol. The fraction of sp³-hybridized carbons (Fsp3) is 0.500. The molecule has 1 aliphatic rings. The lowest BCUT2D eigenvalue weighted by molar-refractivity contribution is -0.220. The summed E-state index contributed by atoms with van der Waals surface area (Å²) in [5.74, 6) is -12.3. The lowest BCUT2D eigenvalue weighted by atomic mass is 9.65. The number of ketones is 2. The van der Waals surface area contributed by atoms with Crippen LogP contribution in [0.1, 0.15) is 104 Å². The molecule has 1 fully saturated rings. The summed E-state index contributed by atoms with van der Waals surface area (Å²) in [7, 11) is -2.91. The molecule has 2 aromatic rings. The van der Waals surface area contributed by atoms with E-state index in [0.717, 1.165) is 11.6 Å². The van der Waals surface area contributed by atoms with Gasteiger partial charge in [-0.3, -0.25) is 47.9 Å². The fourth-order valence-electron chi connectivity index (χ4n) is 6.81. The number of carbonyl (C=O) groups is 10. The van der Waals surface area contributed by atoms with Gasteiger partial charge in [-0.05, 0) is 62.8 Å². The minimum Gasteiger partial charge on any atom is -0.507 e. The second-order valence-corrected chi connectivity index (χ2v) is 17.2. The van der Waals surface area contributed by atoms with Crippen molar-refractivity contribution in [2.75, 3.05) is 19.7 Å². The van der Waals surface area contributed by atoms with Gasteiger partial charge in [-0.1, -0.05) is 51.0 Å². The molecule has 0 bridgehead atoms. The van der Waals surface area contributed by atoms with E-state index in [1.165, 1.54) is 24.3 Å². The number of aliphatic hydroxyl groups is 1. The third-order valence-electron chi connectivity index (χ3n) is 9.84. The van der Waals surface area contributed by atoms with E-state index < -0.39 is 123 Å². The number of carboxylic acid groups (broad SMARTS) is 3. The number of aryl methyl sites for hydroxylation is 2. The third kappa shape index (κ3) is 23.7. The molecule has 0 spiro atoms. The summed E-state index contributed by atoms with van der Waals surface area (Å²) in [6, 6.07) is 8.17. The van der Waals surface area contributed by atoms with Gasteiger partial charge < -0.3 is 65.4 Å². The van der Waals surface area contributed by atoms with E-state index in [1.807, 2.05) is 27.7 Å². The third-order valence-corrected chi connectivity index (χ3v) is 9.84. The van der Waals surface area contributed by atoms with Crippen molar-refractivity contribution in [1.82, 2.24) is 10.6 Å². The zero-order valence-electron chi connectivity index (χ0n) is 39.8. The maximum atomic E-state index is 13.9. The fourth-order valence-corrected chi connectivity index (χ4v) is 6.81. The summed E-state index contributed by atoms with van der Waals surface area (Å²) in [6.07, 6.45) is -2.11. The van der Waals surface area contributed by atoms with Gasteiger partial charge in [-0.2, -0.15) is 0 Å². The molecule has 0 saturated carbocycles. The molecule has 1 aliphatic heterocycles. The van der Waals surface area contributed by atoms with Crippen LogP contribution in [0.25, 0.3) is 0 Å². The highest BCUT2D eigenvalue weighted by Gasteiger charge is 2.57. The lowest BCUT2D eigenvalue weighted by Crippen LogP contribution is -2.42. The van der Waals surface area contributed by atoms with Gasteiger partial charge in [-0.15, -0.1) is 0 Å². The summed E-state index contributed by atoms with van der Waals surface area (Å²) in [5.41, 5.74) is -1.10. The molecule has 0 radical (unpaired) electrons. The van der Waals surface area contributed by atoms with E-state index in [1.54, 1.807) is 19.9 Å². The number of rotatable bonds is 27. The lowest BCUT2D eigenvalue weighted by Gasteiger charge is -2.23. The van der Waals surface area contributed by atoms with Gasteiger partial charge in [0, 0.05) is 24.5 Å². The quantitative estimate of drug-likeness (QED) is 0.0356. The van der Waals surface area contributed by atoms with Crippen molar-refractivity contribution in [2.45, 2.75) is 110 Å². The Bertz CT molecular complexity index is 2160. The number of hydrogen-bond donors (Lipinski definition) is 8. The van der Waals surface area contributed by atoms with Crippen molar-refractivity contribution in [3.8, 4) is 0 Å². The number of carbonyl (C=O) groups excluding carboxylic acids is 7. The van der Waals surface area contributed by atoms with Crippen molar-refractivity contribution < 1.29 is 111 Å². The zero-order valence-corrected chi connectivity index (χ0v) is 39.8. The van der Waals surface area contributed by atoms with Crippen molar-refractivity contribution in [2.24, 2.45) is 11.8 Å². The van der Waals surface area contributed by atoms with Crippen LogP contribution < -0.4 is 10.6 Å². The van der Waals surface area contributed by atoms with Crippen LogP contribution in [-0.4, -0.2) is 141 Å². The van der Waals surface area contributed by atoms with E-state index >= 15 is 0 Å². The Labute approximate surface area is 407 Å².